The fourth-order valence-electron chi connectivity index (χ4n) is 0.665. The molecular weight excluding hydrogens is 88.1 g/mol. The summed E-state index contributed by atoms with van der Waals surface area (Å²) in [6, 6.07) is 0.644. The molecule has 2 heteroatoms. The molecule has 1 radical (unpaired) electrons. The van der Waals surface area contributed by atoms with Gasteiger partial charge in [0.2, 0.25) is 0 Å². The Kier molecular flexibility index (Phi) is 1.65. The maximum absolute atomic E-state index is 3.26. The van der Waals surface area contributed by atoms with E-state index in [4.69, 9.17) is 0 Å². The number of hydrogen-bond donors (Lipinski definition) is 2. The molecule has 0 spiro atoms. The van der Waals surface area contributed by atoms with Crippen molar-refractivity contribution in [1.29, 1.82) is 0 Å². The first-order valence-electron chi connectivity index (χ1n) is 2.68. The SMILES string of the molecule is C[C@H]1CN[CH]CN1. The van der Waals surface area contributed by atoms with Crippen molar-refractivity contribution in [3.05, 3.63) is 6.54 Å². The van der Waals surface area contributed by atoms with Crippen LogP contribution in [0.25, 0.3) is 0 Å². The predicted molar refractivity (Wildman–Crippen MR) is 29.8 cm³/mol. The standard InChI is InChI=1S/C5H11N2/c1-5-4-6-2-3-7-5/h2,5-7H,3-4H2,1H3/t5-/m0/s1. The van der Waals surface area contributed by atoms with Crippen LogP contribution in [0.4, 0.5) is 0 Å². The highest BCUT2D eigenvalue weighted by atomic mass is 15.0. The largest absolute Gasteiger partial charge is 0.311 e. The van der Waals surface area contributed by atoms with Crippen molar-refractivity contribution in [2.45, 2.75) is 13.0 Å². The highest BCUT2D eigenvalue weighted by Crippen LogP contribution is 1.84. The second-order valence-electron chi connectivity index (χ2n) is 1.92. The summed E-state index contributed by atoms with van der Waals surface area (Å²) in [7, 11) is 0. The van der Waals surface area contributed by atoms with Gasteiger partial charge in [-0.05, 0) is 6.92 Å². The molecule has 2 nitrogen and oxygen atoms in total. The molecule has 1 saturated heterocycles. The Morgan fingerprint density at radius 3 is 2.86 bits per heavy atom. The van der Waals surface area contributed by atoms with E-state index < -0.39 is 0 Å². The number of hydrogen-bond acceptors (Lipinski definition) is 2. The molecule has 1 aliphatic rings. The third-order valence-corrected chi connectivity index (χ3v) is 1.14. The van der Waals surface area contributed by atoms with Crippen LogP contribution in [-0.4, -0.2) is 19.1 Å². The normalized spacial score (nSPS) is 33.0. The summed E-state index contributed by atoms with van der Waals surface area (Å²) in [5.74, 6) is 0. The number of nitrogens with one attached hydrogen (secondary N) is 2. The Balaban J connectivity index is 2.12. The van der Waals surface area contributed by atoms with E-state index in [1.54, 1.807) is 0 Å². The first-order valence-corrected chi connectivity index (χ1v) is 2.68. The molecule has 41 valence electrons. The topological polar surface area (TPSA) is 24.1 Å². The van der Waals surface area contributed by atoms with Gasteiger partial charge in [-0.2, -0.15) is 0 Å². The molecule has 1 aliphatic heterocycles. The van der Waals surface area contributed by atoms with E-state index in [1.165, 1.54) is 0 Å². The Morgan fingerprint density at radius 1 is 1.71 bits per heavy atom. The van der Waals surface area contributed by atoms with Gasteiger partial charge in [0.25, 0.3) is 0 Å². The minimum Gasteiger partial charge on any atom is -0.311 e. The molecule has 1 rings (SSSR count). The molecule has 0 unspecified atom stereocenters. The molecule has 0 aromatic rings. The van der Waals surface area contributed by atoms with Gasteiger partial charge >= 0.3 is 0 Å². The van der Waals surface area contributed by atoms with Crippen molar-refractivity contribution in [3.8, 4) is 0 Å². The third-order valence-electron chi connectivity index (χ3n) is 1.14. The minimum atomic E-state index is 0.644. The summed E-state index contributed by atoms with van der Waals surface area (Å²) in [6.45, 7) is 6.28. The van der Waals surface area contributed by atoms with Crippen molar-refractivity contribution < 1.29 is 0 Å². The van der Waals surface area contributed by atoms with Crippen molar-refractivity contribution >= 4 is 0 Å². The minimum absolute atomic E-state index is 0.644. The van der Waals surface area contributed by atoms with Gasteiger partial charge in [-0.3, -0.25) is 0 Å². The van der Waals surface area contributed by atoms with Gasteiger partial charge in [0.15, 0.2) is 0 Å². The fourth-order valence-corrected chi connectivity index (χ4v) is 0.665. The Bertz CT molecular complexity index is 48.0. The van der Waals surface area contributed by atoms with Gasteiger partial charge in [0.05, 0.1) is 0 Å². The zero-order valence-corrected chi connectivity index (χ0v) is 4.57. The highest BCUT2D eigenvalue weighted by Gasteiger charge is 2.03. The maximum Gasteiger partial charge on any atom is 0.0359 e. The van der Waals surface area contributed by atoms with E-state index in [9.17, 15) is 0 Å². The van der Waals surface area contributed by atoms with Gasteiger partial charge in [0.1, 0.15) is 0 Å². The first kappa shape index (κ1) is 5.06. The molecule has 1 atom stereocenters. The summed E-state index contributed by atoms with van der Waals surface area (Å²) in [4.78, 5) is 0. The average Bonchev–Trinajstić information content (AvgIpc) is 1.69. The van der Waals surface area contributed by atoms with Crippen LogP contribution in [-0.2, 0) is 0 Å². The lowest BCUT2D eigenvalue weighted by atomic mass is 10.3. The Labute approximate surface area is 44.3 Å². The predicted octanol–water partition coefficient (Wildman–Crippen LogP) is -0.271. The maximum atomic E-state index is 3.26. The molecule has 2 N–H and O–H groups in total. The molecule has 1 heterocycles. The van der Waals surface area contributed by atoms with Gasteiger partial charge in [-0.15, -0.1) is 0 Å². The van der Waals surface area contributed by atoms with Crippen LogP contribution in [0.15, 0.2) is 0 Å². The Hall–Kier alpha value is -0.0800. The van der Waals surface area contributed by atoms with E-state index in [0.717, 1.165) is 13.1 Å². The van der Waals surface area contributed by atoms with Crippen LogP contribution < -0.4 is 10.6 Å². The highest BCUT2D eigenvalue weighted by molar-refractivity contribution is 4.77. The summed E-state index contributed by atoms with van der Waals surface area (Å²) < 4.78 is 0. The average molecular weight is 99.2 g/mol. The van der Waals surface area contributed by atoms with Crippen molar-refractivity contribution in [2.75, 3.05) is 13.1 Å². The Morgan fingerprint density at radius 2 is 2.57 bits per heavy atom. The monoisotopic (exact) mass is 99.1 g/mol. The van der Waals surface area contributed by atoms with Crippen LogP contribution in [0, 0.1) is 6.54 Å². The van der Waals surface area contributed by atoms with E-state index in [0.29, 0.717) is 6.04 Å². The molecule has 0 aromatic carbocycles. The summed E-state index contributed by atoms with van der Waals surface area (Å²) >= 11 is 0. The van der Waals surface area contributed by atoms with Crippen molar-refractivity contribution in [3.63, 3.8) is 0 Å². The van der Waals surface area contributed by atoms with E-state index in [-0.39, 0.29) is 0 Å². The van der Waals surface area contributed by atoms with Crippen LogP contribution in [0.5, 0.6) is 0 Å². The van der Waals surface area contributed by atoms with E-state index >= 15 is 0 Å². The van der Waals surface area contributed by atoms with Gasteiger partial charge < -0.3 is 10.6 Å². The molecule has 0 aromatic heterocycles. The third kappa shape index (κ3) is 1.45. The van der Waals surface area contributed by atoms with Crippen LogP contribution in [0.3, 0.4) is 0 Å². The van der Waals surface area contributed by atoms with Crippen molar-refractivity contribution in [2.24, 2.45) is 0 Å². The molecule has 0 bridgehead atoms. The zero-order chi connectivity index (χ0) is 5.11. The number of piperazine rings is 1. The first-order chi connectivity index (χ1) is 3.39. The van der Waals surface area contributed by atoms with Gasteiger partial charge in [-0.1, -0.05) is 0 Å². The molecule has 0 saturated carbocycles. The van der Waals surface area contributed by atoms with Crippen LogP contribution in [0.1, 0.15) is 6.92 Å². The zero-order valence-electron chi connectivity index (χ0n) is 4.57. The molecular formula is C5H11N2. The fraction of sp³-hybridized carbons (Fsp3) is 0.800. The van der Waals surface area contributed by atoms with Gasteiger partial charge in [0, 0.05) is 25.7 Å². The molecule has 0 amide bonds. The lowest BCUT2D eigenvalue weighted by molar-refractivity contribution is 0.482. The quantitative estimate of drug-likeness (QED) is 0.437. The summed E-state index contributed by atoms with van der Waals surface area (Å²) in [6.07, 6.45) is 0. The molecule has 0 aliphatic carbocycles. The number of rotatable bonds is 0. The summed E-state index contributed by atoms with van der Waals surface area (Å²) in [5, 5.41) is 6.41. The van der Waals surface area contributed by atoms with E-state index in [1.807, 2.05) is 6.54 Å². The summed E-state index contributed by atoms with van der Waals surface area (Å²) in [5.41, 5.74) is 0. The molecule has 7 heavy (non-hydrogen) atoms. The molecule has 1 fully saturated rings. The second-order valence-corrected chi connectivity index (χ2v) is 1.92. The second kappa shape index (κ2) is 2.28. The lowest BCUT2D eigenvalue weighted by Crippen LogP contribution is -2.43. The van der Waals surface area contributed by atoms with E-state index in [2.05, 4.69) is 17.6 Å². The van der Waals surface area contributed by atoms with Crippen LogP contribution >= 0.6 is 0 Å². The van der Waals surface area contributed by atoms with Crippen LogP contribution in [0.2, 0.25) is 0 Å². The lowest BCUT2D eigenvalue weighted by Gasteiger charge is -2.19. The smallest absolute Gasteiger partial charge is 0.0359 e. The van der Waals surface area contributed by atoms with Crippen molar-refractivity contribution in [1.82, 2.24) is 10.6 Å². The van der Waals surface area contributed by atoms with Gasteiger partial charge in [-0.25, -0.2) is 0 Å².